The van der Waals surface area contributed by atoms with Crippen molar-refractivity contribution in [3.8, 4) is 11.3 Å². The van der Waals surface area contributed by atoms with E-state index in [0.29, 0.717) is 0 Å². The number of hydrogen-bond donors (Lipinski definition) is 2. The summed E-state index contributed by atoms with van der Waals surface area (Å²) in [5.41, 5.74) is 0.593. The molecule has 0 saturated carbocycles. The van der Waals surface area contributed by atoms with Gasteiger partial charge in [-0.25, -0.2) is 19.0 Å². The predicted octanol–water partition coefficient (Wildman–Crippen LogP) is 3.89. The fourth-order valence-corrected chi connectivity index (χ4v) is 4.28. The zero-order chi connectivity index (χ0) is 24.8. The van der Waals surface area contributed by atoms with Crippen molar-refractivity contribution < 1.29 is 32.7 Å². The highest BCUT2D eigenvalue weighted by Gasteiger charge is 2.34. The molecule has 35 heavy (non-hydrogen) atoms. The molecule has 1 aliphatic heterocycles. The molecule has 0 saturated heterocycles. The second-order valence-electron chi connectivity index (χ2n) is 7.42. The molecule has 1 aromatic carbocycles. The van der Waals surface area contributed by atoms with Gasteiger partial charge in [0.05, 0.1) is 42.1 Å². The zero-order valence-corrected chi connectivity index (χ0v) is 19.5. The van der Waals surface area contributed by atoms with E-state index in [0.717, 1.165) is 4.88 Å². The summed E-state index contributed by atoms with van der Waals surface area (Å²) in [6.45, 7) is 1.49. The standard InChI is InChI=1S/C24H22FN3O6S/c1-2-32-23(30)21-16(27-24(31)28-22(21)18-8-5-11-35-18)13-33-20(29)10-9-19-26-12-17(34-19)14-6-3-4-7-15(14)25/h3-8,11-12,22H,2,9-10,13H2,1H3,(H2,27,28,31)/t22-/m0/s1. The third-order valence-corrected chi connectivity index (χ3v) is 6.03. The van der Waals surface area contributed by atoms with Crippen molar-refractivity contribution >= 4 is 29.3 Å². The fourth-order valence-electron chi connectivity index (χ4n) is 3.50. The number of esters is 2. The summed E-state index contributed by atoms with van der Waals surface area (Å²) in [4.78, 5) is 42.1. The van der Waals surface area contributed by atoms with Gasteiger partial charge in [-0.05, 0) is 30.5 Å². The molecule has 2 aromatic heterocycles. The van der Waals surface area contributed by atoms with Crippen molar-refractivity contribution in [1.29, 1.82) is 0 Å². The summed E-state index contributed by atoms with van der Waals surface area (Å²) in [6, 6.07) is 8.48. The average Bonchev–Trinajstić information content (AvgIpc) is 3.54. The number of benzene rings is 1. The predicted molar refractivity (Wildman–Crippen MR) is 124 cm³/mol. The Labute approximate surface area is 203 Å². The first kappa shape index (κ1) is 24.1. The number of thiophene rings is 1. The second-order valence-corrected chi connectivity index (χ2v) is 8.40. The summed E-state index contributed by atoms with van der Waals surface area (Å²) in [6.07, 6.45) is 1.45. The number of carbonyl (C=O) groups is 3. The summed E-state index contributed by atoms with van der Waals surface area (Å²) in [5.74, 6) is -1.14. The molecule has 3 heterocycles. The molecular weight excluding hydrogens is 477 g/mol. The number of urea groups is 1. The Morgan fingerprint density at radius 2 is 2.03 bits per heavy atom. The topological polar surface area (TPSA) is 120 Å². The molecule has 0 spiro atoms. The van der Waals surface area contributed by atoms with E-state index in [1.54, 1.807) is 37.3 Å². The number of halogens is 1. The van der Waals surface area contributed by atoms with Crippen LogP contribution in [0.1, 0.15) is 30.2 Å². The quantitative estimate of drug-likeness (QED) is 0.429. The molecule has 2 N–H and O–H groups in total. The Bertz CT molecular complexity index is 1250. The van der Waals surface area contributed by atoms with Crippen molar-refractivity contribution in [2.75, 3.05) is 13.2 Å². The molecule has 9 nitrogen and oxygen atoms in total. The fraction of sp³-hybridized carbons (Fsp3) is 0.250. The van der Waals surface area contributed by atoms with Crippen LogP contribution in [-0.2, 0) is 25.5 Å². The minimum Gasteiger partial charge on any atom is -0.463 e. The lowest BCUT2D eigenvalue weighted by molar-refractivity contribution is -0.143. The van der Waals surface area contributed by atoms with Crippen molar-refractivity contribution in [2.45, 2.75) is 25.8 Å². The second kappa shape index (κ2) is 11.0. The first-order valence-corrected chi connectivity index (χ1v) is 11.7. The number of amides is 2. The zero-order valence-electron chi connectivity index (χ0n) is 18.7. The van der Waals surface area contributed by atoms with Gasteiger partial charge in [-0.2, -0.15) is 0 Å². The first-order chi connectivity index (χ1) is 17.0. The molecular formula is C24H22FN3O6S. The van der Waals surface area contributed by atoms with E-state index in [4.69, 9.17) is 13.9 Å². The van der Waals surface area contributed by atoms with E-state index in [9.17, 15) is 18.8 Å². The van der Waals surface area contributed by atoms with E-state index in [-0.39, 0.29) is 54.5 Å². The van der Waals surface area contributed by atoms with Crippen molar-refractivity contribution in [3.05, 3.63) is 75.8 Å². The van der Waals surface area contributed by atoms with Gasteiger partial charge in [-0.3, -0.25) is 4.79 Å². The van der Waals surface area contributed by atoms with Gasteiger partial charge in [0, 0.05) is 11.3 Å². The van der Waals surface area contributed by atoms with Crippen LogP contribution < -0.4 is 10.6 Å². The van der Waals surface area contributed by atoms with Crippen LogP contribution in [-0.4, -0.2) is 36.2 Å². The lowest BCUT2D eigenvalue weighted by Crippen LogP contribution is -2.46. The summed E-state index contributed by atoms with van der Waals surface area (Å²) < 4.78 is 29.9. The molecule has 0 bridgehead atoms. The van der Waals surface area contributed by atoms with Crippen LogP contribution in [0.5, 0.6) is 0 Å². The summed E-state index contributed by atoms with van der Waals surface area (Å²) in [7, 11) is 0. The molecule has 0 fully saturated rings. The van der Waals surface area contributed by atoms with Crippen LogP contribution in [0.2, 0.25) is 0 Å². The Kier molecular flexibility index (Phi) is 7.56. The van der Waals surface area contributed by atoms with Gasteiger partial charge >= 0.3 is 18.0 Å². The van der Waals surface area contributed by atoms with Gasteiger partial charge in [0.25, 0.3) is 0 Å². The number of oxazole rings is 1. The monoisotopic (exact) mass is 499 g/mol. The third kappa shape index (κ3) is 5.75. The maximum absolute atomic E-state index is 13.9. The van der Waals surface area contributed by atoms with Gasteiger partial charge in [-0.1, -0.05) is 18.2 Å². The van der Waals surface area contributed by atoms with Crippen LogP contribution in [0.4, 0.5) is 9.18 Å². The van der Waals surface area contributed by atoms with Crippen molar-refractivity contribution in [1.82, 2.24) is 15.6 Å². The highest BCUT2D eigenvalue weighted by molar-refractivity contribution is 7.10. The van der Waals surface area contributed by atoms with Crippen LogP contribution in [0, 0.1) is 5.82 Å². The number of nitrogens with one attached hydrogen (secondary N) is 2. The minimum atomic E-state index is -0.722. The Morgan fingerprint density at radius 3 is 2.77 bits per heavy atom. The Balaban J connectivity index is 1.42. The highest BCUT2D eigenvalue weighted by Crippen LogP contribution is 2.31. The molecule has 0 unspecified atom stereocenters. The van der Waals surface area contributed by atoms with Crippen molar-refractivity contribution in [3.63, 3.8) is 0 Å². The van der Waals surface area contributed by atoms with E-state index in [2.05, 4.69) is 15.6 Å². The number of ether oxygens (including phenoxy) is 2. The lowest BCUT2D eigenvalue weighted by atomic mass is 10.0. The summed E-state index contributed by atoms with van der Waals surface area (Å²) in [5, 5.41) is 7.08. The average molecular weight is 500 g/mol. The van der Waals surface area contributed by atoms with Crippen LogP contribution in [0.15, 0.2) is 63.7 Å². The van der Waals surface area contributed by atoms with E-state index in [1.165, 1.54) is 23.6 Å². The van der Waals surface area contributed by atoms with E-state index < -0.39 is 29.8 Å². The SMILES string of the molecule is CCOC(=O)C1=C(COC(=O)CCc2ncc(-c3ccccc3F)o2)NC(=O)N[C@H]1c1cccs1. The van der Waals surface area contributed by atoms with Crippen LogP contribution >= 0.6 is 11.3 Å². The largest absolute Gasteiger partial charge is 0.463 e. The molecule has 0 aliphatic carbocycles. The van der Waals surface area contributed by atoms with Crippen molar-refractivity contribution in [2.24, 2.45) is 0 Å². The maximum atomic E-state index is 13.9. The van der Waals surface area contributed by atoms with E-state index >= 15 is 0 Å². The first-order valence-electron chi connectivity index (χ1n) is 10.8. The van der Waals surface area contributed by atoms with Gasteiger partial charge in [0.1, 0.15) is 12.4 Å². The molecule has 4 rings (SSSR count). The van der Waals surface area contributed by atoms with Gasteiger partial charge in [0.2, 0.25) is 0 Å². The molecule has 0 radical (unpaired) electrons. The number of carbonyl (C=O) groups excluding carboxylic acids is 3. The smallest absolute Gasteiger partial charge is 0.338 e. The lowest BCUT2D eigenvalue weighted by Gasteiger charge is -2.28. The molecule has 2 amide bonds. The van der Waals surface area contributed by atoms with Crippen LogP contribution in [0.25, 0.3) is 11.3 Å². The number of nitrogens with zero attached hydrogens (tertiary/aromatic N) is 1. The Hall–Kier alpha value is -3.99. The van der Waals surface area contributed by atoms with Crippen LogP contribution in [0.3, 0.4) is 0 Å². The molecule has 1 aliphatic rings. The number of rotatable bonds is 9. The number of aromatic nitrogens is 1. The summed E-state index contributed by atoms with van der Waals surface area (Å²) >= 11 is 1.37. The number of aryl methyl sites for hydroxylation is 1. The van der Waals surface area contributed by atoms with Gasteiger partial charge < -0.3 is 24.5 Å². The minimum absolute atomic E-state index is 0.0696. The normalized spacial score (nSPS) is 15.4. The molecule has 3 aromatic rings. The van der Waals surface area contributed by atoms with Gasteiger partial charge in [-0.15, -0.1) is 11.3 Å². The van der Waals surface area contributed by atoms with E-state index in [1.807, 2.05) is 5.38 Å². The Morgan fingerprint density at radius 1 is 1.20 bits per heavy atom. The third-order valence-electron chi connectivity index (χ3n) is 5.09. The molecule has 182 valence electrons. The molecule has 1 atom stereocenters. The number of hydrogen-bond acceptors (Lipinski definition) is 8. The maximum Gasteiger partial charge on any atom is 0.338 e. The highest BCUT2D eigenvalue weighted by atomic mass is 32.1. The van der Waals surface area contributed by atoms with Gasteiger partial charge in [0.15, 0.2) is 11.7 Å². The molecule has 11 heteroatoms.